The Bertz CT molecular complexity index is 700. The summed E-state index contributed by atoms with van der Waals surface area (Å²) in [6, 6.07) is -4.63. The van der Waals surface area contributed by atoms with Crippen LogP contribution in [0.5, 0.6) is 0 Å². The molecule has 13 nitrogen and oxygen atoms in total. The average molecular weight is 492 g/mol. The number of guanidine groups is 1. The number of nitrogens with one attached hydrogen (secondary N) is 3. The molecule has 0 rings (SSSR count). The summed E-state index contributed by atoms with van der Waals surface area (Å²) in [7, 11) is 0. The van der Waals surface area contributed by atoms with Crippen LogP contribution in [0.25, 0.3) is 0 Å². The lowest BCUT2D eigenvalue weighted by atomic mass is 10.0. The summed E-state index contributed by atoms with van der Waals surface area (Å²) in [4.78, 5) is 52.7. The van der Waals surface area contributed by atoms with E-state index in [4.69, 9.17) is 22.3 Å². The molecule has 14 heteroatoms. The molecule has 0 aromatic rings. The van der Waals surface area contributed by atoms with Crippen molar-refractivity contribution in [2.45, 2.75) is 70.3 Å². The van der Waals surface area contributed by atoms with Crippen LogP contribution < -0.4 is 33.2 Å². The van der Waals surface area contributed by atoms with Gasteiger partial charge in [0.05, 0.1) is 12.1 Å². The number of hydrogen-bond acceptors (Lipinski definition) is 8. The Morgan fingerprint density at radius 3 is 1.97 bits per heavy atom. The maximum absolute atomic E-state index is 12.7. The maximum Gasteiger partial charge on any atom is 0.328 e. The van der Waals surface area contributed by atoms with Gasteiger partial charge in [0.2, 0.25) is 17.7 Å². The fourth-order valence-corrected chi connectivity index (χ4v) is 3.00. The second-order valence-corrected chi connectivity index (χ2v) is 8.42. The number of carboxylic acids is 1. The van der Waals surface area contributed by atoms with Crippen LogP contribution >= 0.6 is 12.6 Å². The number of rotatable bonds is 15. The number of nitrogens with two attached hydrogens (primary N) is 3. The average Bonchev–Trinajstić information content (AvgIpc) is 2.70. The van der Waals surface area contributed by atoms with Gasteiger partial charge in [-0.15, -0.1) is 0 Å². The second-order valence-electron chi connectivity index (χ2n) is 8.05. The van der Waals surface area contributed by atoms with E-state index in [1.54, 1.807) is 0 Å². The Morgan fingerprint density at radius 2 is 1.52 bits per heavy atom. The van der Waals surface area contributed by atoms with Crippen molar-refractivity contribution < 1.29 is 29.4 Å². The largest absolute Gasteiger partial charge is 0.480 e. The van der Waals surface area contributed by atoms with E-state index in [1.165, 1.54) is 6.92 Å². The Labute approximate surface area is 198 Å². The number of carboxylic acid groups (broad SMARTS) is 1. The number of carbonyl (C=O) groups is 4. The highest BCUT2D eigenvalue weighted by atomic mass is 32.1. The van der Waals surface area contributed by atoms with Gasteiger partial charge < -0.3 is 43.4 Å². The molecule has 0 saturated heterocycles. The van der Waals surface area contributed by atoms with E-state index in [0.717, 1.165) is 0 Å². The molecule has 0 fully saturated rings. The molecular formula is C19H37N7O6S. The predicted molar refractivity (Wildman–Crippen MR) is 126 cm³/mol. The lowest BCUT2D eigenvalue weighted by Gasteiger charge is -2.26. The summed E-state index contributed by atoms with van der Waals surface area (Å²) in [5, 5.41) is 26.0. The van der Waals surface area contributed by atoms with Gasteiger partial charge in [0.15, 0.2) is 12.0 Å². The molecule has 0 aromatic carbocycles. The van der Waals surface area contributed by atoms with E-state index in [1.807, 2.05) is 13.8 Å². The Morgan fingerprint density at radius 1 is 0.970 bits per heavy atom. The Hall–Kier alpha value is -2.58. The minimum Gasteiger partial charge on any atom is -0.480 e. The van der Waals surface area contributed by atoms with Gasteiger partial charge in [-0.1, -0.05) is 13.8 Å². The standard InChI is InChI=1S/C19H37N7O6S/c1-9(2)7-12(16(29)26-14(10(3)27)18(31)32)24-17(30)13(8-33)25-15(28)11(20)5-4-6-23-19(21)22/h9-14,27,33H,4-8,20H2,1-3H3,(H,24,30)(H,25,28)(H,26,29)(H,31,32)(H4,21,22,23). The molecule has 0 radical (unpaired) electrons. The smallest absolute Gasteiger partial charge is 0.328 e. The minimum absolute atomic E-state index is 0.0291. The fourth-order valence-electron chi connectivity index (χ4n) is 2.74. The number of hydrogen-bond donors (Lipinski definition) is 9. The first-order chi connectivity index (χ1) is 15.3. The summed E-state index contributed by atoms with van der Waals surface area (Å²) in [6.07, 6.45) is -0.423. The normalized spacial score (nSPS) is 15.5. The second kappa shape index (κ2) is 15.3. The third kappa shape index (κ3) is 12.3. The van der Waals surface area contributed by atoms with Crippen molar-refractivity contribution in [1.82, 2.24) is 16.0 Å². The number of amides is 3. The van der Waals surface area contributed by atoms with E-state index in [0.29, 0.717) is 13.0 Å². The van der Waals surface area contributed by atoms with Gasteiger partial charge in [-0.05, 0) is 32.1 Å². The van der Waals surface area contributed by atoms with Crippen LogP contribution in [0.1, 0.15) is 40.0 Å². The quantitative estimate of drug-likeness (QED) is 0.0499. The lowest BCUT2D eigenvalue weighted by molar-refractivity contribution is -0.145. The van der Waals surface area contributed by atoms with Gasteiger partial charge in [-0.2, -0.15) is 12.6 Å². The zero-order chi connectivity index (χ0) is 25.7. The van der Waals surface area contributed by atoms with E-state index in [-0.39, 0.29) is 30.5 Å². The number of aliphatic imine (C=N–C) groups is 1. The van der Waals surface area contributed by atoms with E-state index in [2.05, 4.69) is 33.6 Å². The molecule has 11 N–H and O–H groups in total. The molecule has 5 unspecified atom stereocenters. The molecule has 0 aliphatic carbocycles. The molecule has 0 bridgehead atoms. The van der Waals surface area contributed by atoms with Crippen LogP contribution in [0, 0.1) is 5.92 Å². The van der Waals surface area contributed by atoms with Gasteiger partial charge in [-0.25, -0.2) is 4.79 Å². The molecule has 0 aliphatic rings. The Kier molecular flexibility index (Phi) is 14.1. The third-order valence-corrected chi connectivity index (χ3v) is 4.87. The molecule has 0 spiro atoms. The highest BCUT2D eigenvalue weighted by molar-refractivity contribution is 7.80. The molecule has 190 valence electrons. The highest BCUT2D eigenvalue weighted by Gasteiger charge is 2.31. The van der Waals surface area contributed by atoms with Crippen molar-refractivity contribution in [3.8, 4) is 0 Å². The fraction of sp³-hybridized carbons (Fsp3) is 0.737. The number of carbonyl (C=O) groups excluding carboxylic acids is 3. The van der Waals surface area contributed by atoms with Gasteiger partial charge in [0.1, 0.15) is 12.1 Å². The summed E-state index contributed by atoms with van der Waals surface area (Å²) in [5.41, 5.74) is 16.3. The lowest BCUT2D eigenvalue weighted by Crippen LogP contribution is -2.58. The van der Waals surface area contributed by atoms with Crippen LogP contribution in [0.3, 0.4) is 0 Å². The minimum atomic E-state index is -1.54. The van der Waals surface area contributed by atoms with Crippen molar-refractivity contribution in [3.63, 3.8) is 0 Å². The molecule has 0 saturated carbocycles. The number of aliphatic hydroxyl groups excluding tert-OH is 1. The van der Waals surface area contributed by atoms with Crippen LogP contribution in [0.4, 0.5) is 0 Å². The first-order valence-corrected chi connectivity index (χ1v) is 11.2. The van der Waals surface area contributed by atoms with Gasteiger partial charge >= 0.3 is 5.97 Å². The van der Waals surface area contributed by atoms with Crippen molar-refractivity contribution in [2.24, 2.45) is 28.1 Å². The van der Waals surface area contributed by atoms with Crippen LogP contribution in [0.15, 0.2) is 4.99 Å². The van der Waals surface area contributed by atoms with Crippen LogP contribution in [-0.2, 0) is 19.2 Å². The molecule has 5 atom stereocenters. The number of aliphatic hydroxyl groups is 1. The van der Waals surface area contributed by atoms with Crippen molar-refractivity contribution in [1.29, 1.82) is 0 Å². The zero-order valence-electron chi connectivity index (χ0n) is 19.2. The summed E-state index contributed by atoms with van der Waals surface area (Å²) >= 11 is 4.09. The van der Waals surface area contributed by atoms with E-state index < -0.39 is 54.0 Å². The molecule has 33 heavy (non-hydrogen) atoms. The van der Waals surface area contributed by atoms with Gasteiger partial charge in [0, 0.05) is 12.3 Å². The monoisotopic (exact) mass is 491 g/mol. The summed E-state index contributed by atoms with van der Waals surface area (Å²) in [5.74, 6) is -3.62. The molecule has 0 aromatic heterocycles. The first kappa shape index (κ1) is 30.4. The Balaban J connectivity index is 5.12. The summed E-state index contributed by atoms with van der Waals surface area (Å²) in [6.45, 7) is 5.15. The van der Waals surface area contributed by atoms with Crippen LogP contribution in [-0.4, -0.2) is 82.4 Å². The number of aliphatic carboxylic acids is 1. The SMILES string of the molecule is CC(C)CC(NC(=O)C(CS)NC(=O)C(N)CCCN=C(N)N)C(=O)NC(C(=O)O)C(C)O. The molecule has 0 heterocycles. The maximum atomic E-state index is 12.7. The zero-order valence-corrected chi connectivity index (χ0v) is 20.0. The number of nitrogens with zero attached hydrogens (tertiary/aromatic N) is 1. The van der Waals surface area contributed by atoms with Gasteiger partial charge in [-0.3, -0.25) is 19.4 Å². The van der Waals surface area contributed by atoms with Crippen LogP contribution in [0.2, 0.25) is 0 Å². The van der Waals surface area contributed by atoms with E-state index >= 15 is 0 Å². The highest BCUT2D eigenvalue weighted by Crippen LogP contribution is 2.07. The van der Waals surface area contributed by atoms with Crippen molar-refractivity contribution in [2.75, 3.05) is 12.3 Å². The third-order valence-electron chi connectivity index (χ3n) is 4.51. The first-order valence-electron chi connectivity index (χ1n) is 10.5. The van der Waals surface area contributed by atoms with Gasteiger partial charge in [0.25, 0.3) is 0 Å². The number of thiol groups is 1. The van der Waals surface area contributed by atoms with Crippen molar-refractivity contribution >= 4 is 42.3 Å². The van der Waals surface area contributed by atoms with E-state index in [9.17, 15) is 24.3 Å². The molecule has 3 amide bonds. The predicted octanol–water partition coefficient (Wildman–Crippen LogP) is -2.74. The molecule has 0 aliphatic heterocycles. The summed E-state index contributed by atoms with van der Waals surface area (Å²) < 4.78 is 0. The molecular weight excluding hydrogens is 454 g/mol. The van der Waals surface area contributed by atoms with Crippen molar-refractivity contribution in [3.05, 3.63) is 0 Å². The topological polar surface area (TPSA) is 235 Å².